The van der Waals surface area contributed by atoms with Gasteiger partial charge in [-0.2, -0.15) is 0 Å². The number of nitrogen functional groups attached to an aromatic ring is 1. The highest BCUT2D eigenvalue weighted by Gasteiger charge is 2.25. The van der Waals surface area contributed by atoms with Crippen LogP contribution in [0.2, 0.25) is 0 Å². The molecule has 1 aliphatic rings. The summed E-state index contributed by atoms with van der Waals surface area (Å²) in [6, 6.07) is 15.2. The Balaban J connectivity index is 1.66. The minimum Gasteiger partial charge on any atom is -0.384 e. The number of aromatic nitrogens is 1. The number of hydrogen-bond donors (Lipinski definition) is 1. The largest absolute Gasteiger partial charge is 0.384 e. The third kappa shape index (κ3) is 3.96. The zero-order chi connectivity index (χ0) is 16.1. The van der Waals surface area contributed by atoms with Gasteiger partial charge in [-0.1, -0.05) is 36.4 Å². The van der Waals surface area contributed by atoms with E-state index in [2.05, 4.69) is 4.98 Å². The fourth-order valence-electron chi connectivity index (χ4n) is 2.51. The first kappa shape index (κ1) is 15.2. The first-order chi connectivity index (χ1) is 11.2. The molecular weight excluding hydrogens is 290 g/mol. The van der Waals surface area contributed by atoms with Crippen LogP contribution in [0.25, 0.3) is 6.08 Å². The Morgan fingerprint density at radius 1 is 1.22 bits per heavy atom. The minimum absolute atomic E-state index is 0.0222. The number of nitrogens with two attached hydrogens (primary N) is 1. The highest BCUT2D eigenvalue weighted by atomic mass is 16.5. The lowest BCUT2D eigenvalue weighted by Crippen LogP contribution is -2.41. The molecule has 1 fully saturated rings. The van der Waals surface area contributed by atoms with Crippen LogP contribution < -0.4 is 5.73 Å². The molecule has 2 heterocycles. The van der Waals surface area contributed by atoms with E-state index in [-0.39, 0.29) is 12.0 Å². The number of amides is 1. The van der Waals surface area contributed by atoms with E-state index in [4.69, 9.17) is 10.5 Å². The van der Waals surface area contributed by atoms with Gasteiger partial charge in [0.1, 0.15) is 11.9 Å². The average Bonchev–Trinajstić information content (AvgIpc) is 2.61. The summed E-state index contributed by atoms with van der Waals surface area (Å²) in [5.74, 6) is 0.435. The van der Waals surface area contributed by atoms with Crippen LogP contribution >= 0.6 is 0 Å². The summed E-state index contributed by atoms with van der Waals surface area (Å²) in [5, 5.41) is 0. The minimum atomic E-state index is -0.235. The van der Waals surface area contributed by atoms with Gasteiger partial charge in [0.05, 0.1) is 18.8 Å². The average molecular weight is 309 g/mol. The molecule has 1 aliphatic heterocycles. The lowest BCUT2D eigenvalue weighted by Gasteiger charge is -2.32. The highest BCUT2D eigenvalue weighted by molar-refractivity contribution is 5.91. The SMILES string of the molecule is Nc1cccc([C@@H]2CN(C(=O)/C=C/c3ccccc3)CCO2)n1. The molecule has 5 heteroatoms. The van der Waals surface area contributed by atoms with E-state index in [1.54, 1.807) is 17.0 Å². The van der Waals surface area contributed by atoms with E-state index >= 15 is 0 Å². The molecule has 2 aromatic rings. The van der Waals surface area contributed by atoms with Gasteiger partial charge in [0.25, 0.3) is 0 Å². The summed E-state index contributed by atoms with van der Waals surface area (Å²) < 4.78 is 5.73. The van der Waals surface area contributed by atoms with Crippen molar-refractivity contribution in [2.45, 2.75) is 6.10 Å². The van der Waals surface area contributed by atoms with Gasteiger partial charge in [-0.3, -0.25) is 4.79 Å². The predicted molar refractivity (Wildman–Crippen MR) is 89.4 cm³/mol. The Labute approximate surface area is 135 Å². The van der Waals surface area contributed by atoms with Crippen molar-refractivity contribution in [3.63, 3.8) is 0 Å². The van der Waals surface area contributed by atoms with Gasteiger partial charge >= 0.3 is 0 Å². The Hall–Kier alpha value is -2.66. The van der Waals surface area contributed by atoms with Crippen molar-refractivity contribution in [3.8, 4) is 0 Å². The number of ether oxygens (including phenoxy) is 1. The molecule has 1 atom stereocenters. The summed E-state index contributed by atoms with van der Waals surface area (Å²) in [6.45, 7) is 1.55. The monoisotopic (exact) mass is 309 g/mol. The molecule has 0 saturated carbocycles. The number of nitrogens with zero attached hydrogens (tertiary/aromatic N) is 2. The highest BCUT2D eigenvalue weighted by Crippen LogP contribution is 2.21. The van der Waals surface area contributed by atoms with E-state index in [1.807, 2.05) is 48.5 Å². The molecule has 23 heavy (non-hydrogen) atoms. The van der Waals surface area contributed by atoms with Crippen molar-refractivity contribution in [3.05, 3.63) is 65.9 Å². The zero-order valence-corrected chi connectivity index (χ0v) is 12.8. The normalized spacial score (nSPS) is 18.3. The maximum Gasteiger partial charge on any atom is 0.246 e. The number of hydrogen-bond acceptors (Lipinski definition) is 4. The van der Waals surface area contributed by atoms with Gasteiger partial charge in [-0.25, -0.2) is 4.98 Å². The van der Waals surface area contributed by atoms with E-state index < -0.39 is 0 Å². The number of carbonyl (C=O) groups excluding carboxylic acids is 1. The lowest BCUT2D eigenvalue weighted by atomic mass is 10.1. The molecule has 3 rings (SSSR count). The second-order valence-corrected chi connectivity index (χ2v) is 5.38. The zero-order valence-electron chi connectivity index (χ0n) is 12.8. The molecule has 1 amide bonds. The Morgan fingerprint density at radius 2 is 2.04 bits per heavy atom. The van der Waals surface area contributed by atoms with Crippen LogP contribution in [0.3, 0.4) is 0 Å². The van der Waals surface area contributed by atoms with Crippen molar-refractivity contribution < 1.29 is 9.53 Å². The number of rotatable bonds is 3. The molecule has 1 aromatic carbocycles. The molecule has 2 N–H and O–H groups in total. The summed E-state index contributed by atoms with van der Waals surface area (Å²) in [5.41, 5.74) is 7.48. The number of morpholine rings is 1. The van der Waals surface area contributed by atoms with E-state index in [0.29, 0.717) is 25.5 Å². The van der Waals surface area contributed by atoms with Gasteiger partial charge in [0, 0.05) is 12.6 Å². The summed E-state index contributed by atoms with van der Waals surface area (Å²) in [7, 11) is 0. The van der Waals surface area contributed by atoms with Crippen LogP contribution in [0.4, 0.5) is 5.82 Å². The van der Waals surface area contributed by atoms with E-state index in [1.165, 1.54) is 0 Å². The molecule has 1 aromatic heterocycles. The van der Waals surface area contributed by atoms with E-state index in [9.17, 15) is 4.79 Å². The number of pyridine rings is 1. The molecular formula is C18H19N3O2. The number of carbonyl (C=O) groups is 1. The second kappa shape index (κ2) is 7.07. The van der Waals surface area contributed by atoms with Gasteiger partial charge in [-0.05, 0) is 23.8 Å². The van der Waals surface area contributed by atoms with Crippen LogP contribution in [0.15, 0.2) is 54.6 Å². The molecule has 118 valence electrons. The van der Waals surface area contributed by atoms with Gasteiger partial charge in [0.2, 0.25) is 5.91 Å². The molecule has 5 nitrogen and oxygen atoms in total. The van der Waals surface area contributed by atoms with Crippen molar-refractivity contribution in [1.29, 1.82) is 0 Å². The topological polar surface area (TPSA) is 68.5 Å². The van der Waals surface area contributed by atoms with E-state index in [0.717, 1.165) is 11.3 Å². The van der Waals surface area contributed by atoms with Crippen LogP contribution in [0, 0.1) is 0 Å². The van der Waals surface area contributed by atoms with Crippen molar-refractivity contribution in [2.24, 2.45) is 0 Å². The van der Waals surface area contributed by atoms with Crippen LogP contribution in [0.5, 0.6) is 0 Å². The van der Waals surface area contributed by atoms with Crippen LogP contribution in [-0.2, 0) is 9.53 Å². The van der Waals surface area contributed by atoms with Crippen molar-refractivity contribution in [2.75, 3.05) is 25.4 Å². The fourth-order valence-corrected chi connectivity index (χ4v) is 2.51. The predicted octanol–water partition coefficient (Wildman–Crippen LogP) is 2.28. The summed E-state index contributed by atoms with van der Waals surface area (Å²) in [6.07, 6.45) is 3.19. The van der Waals surface area contributed by atoms with Gasteiger partial charge in [-0.15, -0.1) is 0 Å². The smallest absolute Gasteiger partial charge is 0.246 e. The Morgan fingerprint density at radius 3 is 2.83 bits per heavy atom. The molecule has 0 radical (unpaired) electrons. The molecule has 1 saturated heterocycles. The quantitative estimate of drug-likeness (QED) is 0.883. The molecule has 0 aliphatic carbocycles. The molecule has 0 unspecified atom stereocenters. The van der Waals surface area contributed by atoms with Crippen LogP contribution in [0.1, 0.15) is 17.4 Å². The molecule has 0 bridgehead atoms. The Kier molecular flexibility index (Phi) is 4.68. The maximum atomic E-state index is 12.4. The first-order valence-electron chi connectivity index (χ1n) is 7.58. The Bertz CT molecular complexity index is 700. The summed E-state index contributed by atoms with van der Waals surface area (Å²) >= 11 is 0. The first-order valence-corrected chi connectivity index (χ1v) is 7.58. The second-order valence-electron chi connectivity index (χ2n) is 5.38. The lowest BCUT2D eigenvalue weighted by molar-refractivity contribution is -0.133. The number of anilines is 1. The van der Waals surface area contributed by atoms with Gasteiger partial charge < -0.3 is 15.4 Å². The fraction of sp³-hybridized carbons (Fsp3) is 0.222. The molecule has 0 spiro atoms. The van der Waals surface area contributed by atoms with Crippen molar-refractivity contribution >= 4 is 17.8 Å². The third-order valence-electron chi connectivity index (χ3n) is 3.72. The summed E-state index contributed by atoms with van der Waals surface area (Å²) in [4.78, 5) is 18.4. The van der Waals surface area contributed by atoms with Gasteiger partial charge in [0.15, 0.2) is 0 Å². The van der Waals surface area contributed by atoms with Crippen LogP contribution in [-0.4, -0.2) is 35.5 Å². The standard InChI is InChI=1S/C18H19N3O2/c19-17-8-4-7-15(20-17)16-13-21(11-12-23-16)18(22)10-9-14-5-2-1-3-6-14/h1-10,16H,11-13H2,(H2,19,20)/b10-9+/t16-/m0/s1. The third-order valence-corrected chi connectivity index (χ3v) is 3.72. The number of benzene rings is 1. The maximum absolute atomic E-state index is 12.4. The van der Waals surface area contributed by atoms with Crippen molar-refractivity contribution in [1.82, 2.24) is 9.88 Å².